The summed E-state index contributed by atoms with van der Waals surface area (Å²) >= 11 is 0. The first-order valence-corrected chi connectivity index (χ1v) is 8.72. The lowest BCUT2D eigenvalue weighted by atomic mass is 10.2. The molecule has 0 aliphatic heterocycles. The van der Waals surface area contributed by atoms with Gasteiger partial charge in [-0.25, -0.2) is 9.97 Å². The fourth-order valence-corrected chi connectivity index (χ4v) is 2.56. The molecule has 0 aliphatic carbocycles. The fourth-order valence-electron chi connectivity index (χ4n) is 2.56. The molecule has 0 saturated carbocycles. The molecule has 0 fully saturated rings. The van der Waals surface area contributed by atoms with Gasteiger partial charge in [0.1, 0.15) is 11.6 Å². The molecule has 134 valence electrons. The quantitative estimate of drug-likeness (QED) is 0.611. The predicted molar refractivity (Wildman–Crippen MR) is 103 cm³/mol. The van der Waals surface area contributed by atoms with Crippen molar-refractivity contribution in [3.8, 4) is 11.3 Å². The fraction of sp³-hybridized carbons (Fsp3) is 0.250. The summed E-state index contributed by atoms with van der Waals surface area (Å²) in [6, 6.07) is 13.9. The second kappa shape index (κ2) is 8.29. The Morgan fingerprint density at radius 2 is 1.88 bits per heavy atom. The smallest absolute Gasteiger partial charge is 0.252 e. The summed E-state index contributed by atoms with van der Waals surface area (Å²) in [5.41, 5.74) is 2.62. The van der Waals surface area contributed by atoms with E-state index in [1.807, 2.05) is 56.4 Å². The molecular formula is C20H23N5O. The highest BCUT2D eigenvalue weighted by molar-refractivity contribution is 5.94. The number of imidazole rings is 1. The third-order valence-electron chi connectivity index (χ3n) is 3.82. The molecule has 1 amide bonds. The van der Waals surface area contributed by atoms with Crippen LogP contribution >= 0.6 is 0 Å². The van der Waals surface area contributed by atoms with Gasteiger partial charge in [0.25, 0.3) is 5.91 Å². The molecule has 0 unspecified atom stereocenters. The Labute approximate surface area is 153 Å². The van der Waals surface area contributed by atoms with Crippen LogP contribution in [0.4, 0.5) is 5.82 Å². The zero-order chi connectivity index (χ0) is 18.4. The van der Waals surface area contributed by atoms with Crippen molar-refractivity contribution in [2.24, 2.45) is 0 Å². The Morgan fingerprint density at radius 1 is 1.08 bits per heavy atom. The van der Waals surface area contributed by atoms with Crippen molar-refractivity contribution >= 4 is 11.7 Å². The molecule has 0 aliphatic rings. The minimum Gasteiger partial charge on any atom is -0.368 e. The lowest BCUT2D eigenvalue weighted by Gasteiger charge is -2.09. The molecule has 6 heteroatoms. The topological polar surface area (TPSA) is 82.7 Å². The summed E-state index contributed by atoms with van der Waals surface area (Å²) < 4.78 is 0. The average molecular weight is 349 g/mol. The Hall–Kier alpha value is -3.15. The highest BCUT2D eigenvalue weighted by atomic mass is 16.1. The maximum atomic E-state index is 12.2. The molecule has 3 N–H and O–H groups in total. The number of amides is 1. The molecule has 0 bridgehead atoms. The van der Waals surface area contributed by atoms with Crippen molar-refractivity contribution in [3.05, 3.63) is 66.2 Å². The Balaban J connectivity index is 1.50. The van der Waals surface area contributed by atoms with E-state index in [0.717, 1.165) is 22.9 Å². The summed E-state index contributed by atoms with van der Waals surface area (Å²) in [5, 5.41) is 6.09. The molecule has 3 aromatic rings. The van der Waals surface area contributed by atoms with Gasteiger partial charge in [-0.2, -0.15) is 0 Å². The van der Waals surface area contributed by atoms with Crippen LogP contribution < -0.4 is 10.6 Å². The number of benzene rings is 1. The third-order valence-corrected chi connectivity index (χ3v) is 3.82. The maximum absolute atomic E-state index is 12.2. The molecule has 2 heterocycles. The van der Waals surface area contributed by atoms with Crippen LogP contribution in [0.15, 0.2) is 54.9 Å². The number of carbonyl (C=O) groups is 1. The first-order valence-electron chi connectivity index (χ1n) is 8.72. The minimum atomic E-state index is -0.136. The number of nitrogens with zero attached hydrogens (tertiary/aromatic N) is 2. The highest BCUT2D eigenvalue weighted by Gasteiger charge is 2.07. The zero-order valence-electron chi connectivity index (χ0n) is 15.0. The molecule has 6 nitrogen and oxygen atoms in total. The van der Waals surface area contributed by atoms with Crippen molar-refractivity contribution in [1.82, 2.24) is 20.3 Å². The van der Waals surface area contributed by atoms with Gasteiger partial charge in [-0.3, -0.25) is 4.79 Å². The van der Waals surface area contributed by atoms with Crippen molar-refractivity contribution < 1.29 is 4.79 Å². The van der Waals surface area contributed by atoms with Gasteiger partial charge in [-0.05, 0) is 31.5 Å². The van der Waals surface area contributed by atoms with E-state index in [-0.39, 0.29) is 5.91 Å². The van der Waals surface area contributed by atoms with E-state index in [0.29, 0.717) is 24.6 Å². The zero-order valence-corrected chi connectivity index (χ0v) is 15.0. The predicted octanol–water partition coefficient (Wildman–Crippen LogP) is 3.26. The van der Waals surface area contributed by atoms with Gasteiger partial charge in [0, 0.05) is 25.2 Å². The van der Waals surface area contributed by atoms with E-state index in [9.17, 15) is 4.79 Å². The van der Waals surface area contributed by atoms with Gasteiger partial charge in [0.2, 0.25) is 0 Å². The summed E-state index contributed by atoms with van der Waals surface area (Å²) in [5.74, 6) is 1.47. The normalized spacial score (nSPS) is 10.7. The summed E-state index contributed by atoms with van der Waals surface area (Å²) in [6.45, 7) is 4.59. The van der Waals surface area contributed by atoms with Crippen LogP contribution in [0.2, 0.25) is 0 Å². The van der Waals surface area contributed by atoms with Crippen LogP contribution in [-0.2, 0) is 6.42 Å². The maximum Gasteiger partial charge on any atom is 0.252 e. The minimum absolute atomic E-state index is 0.136. The van der Waals surface area contributed by atoms with Gasteiger partial charge >= 0.3 is 0 Å². The van der Waals surface area contributed by atoms with E-state index >= 15 is 0 Å². The van der Waals surface area contributed by atoms with E-state index in [2.05, 4.69) is 25.6 Å². The van der Waals surface area contributed by atoms with E-state index < -0.39 is 0 Å². The Morgan fingerprint density at radius 3 is 2.58 bits per heavy atom. The van der Waals surface area contributed by atoms with Gasteiger partial charge in [0.15, 0.2) is 0 Å². The number of carbonyl (C=O) groups excluding carboxylic acids is 1. The van der Waals surface area contributed by atoms with Crippen LogP contribution in [0, 0.1) is 0 Å². The lowest BCUT2D eigenvalue weighted by Crippen LogP contribution is -2.26. The number of H-pyrrole nitrogens is 1. The number of hydrogen-bond donors (Lipinski definition) is 3. The van der Waals surface area contributed by atoms with Crippen molar-refractivity contribution in [2.75, 3.05) is 11.9 Å². The first-order chi connectivity index (χ1) is 12.6. The van der Waals surface area contributed by atoms with Crippen LogP contribution in [-0.4, -0.2) is 33.4 Å². The number of hydrogen-bond acceptors (Lipinski definition) is 4. The number of anilines is 1. The molecule has 3 rings (SSSR count). The second-order valence-corrected chi connectivity index (χ2v) is 6.35. The summed E-state index contributed by atoms with van der Waals surface area (Å²) in [7, 11) is 0. The number of rotatable bonds is 7. The number of pyridine rings is 1. The van der Waals surface area contributed by atoms with Gasteiger partial charge in [0.05, 0.1) is 17.5 Å². The monoisotopic (exact) mass is 349 g/mol. The van der Waals surface area contributed by atoms with Crippen LogP contribution in [0.25, 0.3) is 11.3 Å². The van der Waals surface area contributed by atoms with Gasteiger partial charge in [-0.1, -0.05) is 30.3 Å². The van der Waals surface area contributed by atoms with E-state index in [4.69, 9.17) is 0 Å². The first kappa shape index (κ1) is 17.7. The van der Waals surface area contributed by atoms with Crippen molar-refractivity contribution in [3.63, 3.8) is 0 Å². The van der Waals surface area contributed by atoms with Crippen molar-refractivity contribution in [2.45, 2.75) is 26.3 Å². The number of nitrogens with one attached hydrogen (secondary N) is 3. The van der Waals surface area contributed by atoms with E-state index in [1.165, 1.54) is 0 Å². The molecule has 0 radical (unpaired) electrons. The van der Waals surface area contributed by atoms with Crippen molar-refractivity contribution in [1.29, 1.82) is 0 Å². The Bertz CT molecular complexity index is 840. The lowest BCUT2D eigenvalue weighted by molar-refractivity contribution is 0.0953. The van der Waals surface area contributed by atoms with Gasteiger partial charge < -0.3 is 15.6 Å². The summed E-state index contributed by atoms with van der Waals surface area (Å²) in [6.07, 6.45) is 4.04. The molecule has 0 atom stereocenters. The largest absolute Gasteiger partial charge is 0.368 e. The molecule has 2 aromatic heterocycles. The Kier molecular flexibility index (Phi) is 5.63. The third kappa shape index (κ3) is 4.69. The molecule has 0 saturated heterocycles. The standard InChI is InChI=1S/C20H23N5O/c1-14(2)24-18-9-8-16(12-22-18)20(26)21-11-10-19-23-13-17(25-19)15-6-4-3-5-7-15/h3-9,12-14H,10-11H2,1-2H3,(H,21,26)(H,22,24)(H,23,25). The number of aromatic amines is 1. The average Bonchev–Trinajstić information content (AvgIpc) is 3.11. The highest BCUT2D eigenvalue weighted by Crippen LogP contribution is 2.16. The molecular weight excluding hydrogens is 326 g/mol. The second-order valence-electron chi connectivity index (χ2n) is 6.35. The van der Waals surface area contributed by atoms with Gasteiger partial charge in [-0.15, -0.1) is 0 Å². The molecule has 0 spiro atoms. The molecule has 1 aromatic carbocycles. The van der Waals surface area contributed by atoms with Crippen LogP contribution in [0.1, 0.15) is 30.0 Å². The van der Waals surface area contributed by atoms with Crippen LogP contribution in [0.3, 0.4) is 0 Å². The molecule has 26 heavy (non-hydrogen) atoms. The van der Waals surface area contributed by atoms with E-state index in [1.54, 1.807) is 12.3 Å². The van der Waals surface area contributed by atoms with Crippen LogP contribution in [0.5, 0.6) is 0 Å². The SMILES string of the molecule is CC(C)Nc1ccc(C(=O)NCCc2ncc(-c3ccccc3)[nH]2)cn1. The number of aromatic nitrogens is 3. The summed E-state index contributed by atoms with van der Waals surface area (Å²) in [4.78, 5) is 24.1.